The lowest BCUT2D eigenvalue weighted by molar-refractivity contribution is -0.142. The van der Waals surface area contributed by atoms with E-state index in [9.17, 15) is 47.9 Å². The first-order chi connectivity index (χ1) is 25.1. The van der Waals surface area contributed by atoms with Crippen molar-refractivity contribution in [2.45, 2.75) is 111 Å². The molecule has 11 N–H and O–H groups in total. The van der Waals surface area contributed by atoms with Gasteiger partial charge in [-0.3, -0.25) is 47.9 Å². The number of carbonyl (C=O) groups excluding carboxylic acids is 10. The van der Waals surface area contributed by atoms with Crippen LogP contribution in [0, 0.1) is 17.8 Å². The van der Waals surface area contributed by atoms with E-state index in [-0.39, 0.29) is 44.7 Å². The molecule has 0 aliphatic carbocycles. The van der Waals surface area contributed by atoms with Gasteiger partial charge in [0.05, 0.1) is 19.6 Å². The van der Waals surface area contributed by atoms with Crippen molar-refractivity contribution in [3.05, 3.63) is 0 Å². The van der Waals surface area contributed by atoms with Crippen LogP contribution in [0.3, 0.4) is 0 Å². The number of primary amides is 2. The van der Waals surface area contributed by atoms with Gasteiger partial charge in [0, 0.05) is 19.9 Å². The Morgan fingerprint density at radius 1 is 0.648 bits per heavy atom. The molecule has 0 saturated carbocycles. The zero-order valence-electron chi connectivity index (χ0n) is 32.2. The third-order valence-corrected chi connectivity index (χ3v) is 8.37. The van der Waals surface area contributed by atoms with Crippen LogP contribution in [0.1, 0.15) is 80.6 Å². The lowest BCUT2D eigenvalue weighted by Gasteiger charge is -2.31. The fourth-order valence-corrected chi connectivity index (χ4v) is 5.56. The van der Waals surface area contributed by atoms with Gasteiger partial charge in [0.2, 0.25) is 59.1 Å². The van der Waals surface area contributed by atoms with Gasteiger partial charge in [0.1, 0.15) is 30.2 Å². The van der Waals surface area contributed by atoms with E-state index in [4.69, 9.17) is 11.5 Å². The molecule has 1 aliphatic heterocycles. The van der Waals surface area contributed by atoms with Gasteiger partial charge in [0.15, 0.2) is 0 Å². The van der Waals surface area contributed by atoms with Crippen LogP contribution in [0.4, 0.5) is 0 Å². The number of likely N-dealkylation sites (tertiary alicyclic amines) is 1. The standard InChI is InChI=1S/C34H58N10O10/c1-17(2)13-22(41-32(52)28(18(3)4)42-27(49)16-38-26(48)15-37-20(7)45)30(50)43-29(19(5)6)33(53)40-21(10-11-24(35)46)34(54)44-12-8-9-23(44)31(51)39-14-25(36)47/h17-19,21-23,28-29H,8-16H2,1-7H3,(H2,35,46)(H2,36,47)(H,37,45)(H,38,48)(H,39,51)(H,40,53)(H,41,52)(H,42,49)(H,43,50)/t21-,22-,23-,28-,29-/m0/s1. The van der Waals surface area contributed by atoms with Gasteiger partial charge in [-0.25, -0.2) is 0 Å². The van der Waals surface area contributed by atoms with Crippen molar-refractivity contribution in [3.8, 4) is 0 Å². The Balaban J connectivity index is 3.14. The zero-order chi connectivity index (χ0) is 41.3. The molecule has 0 unspecified atom stereocenters. The second-order valence-corrected chi connectivity index (χ2v) is 14.3. The third-order valence-electron chi connectivity index (χ3n) is 8.37. The summed E-state index contributed by atoms with van der Waals surface area (Å²) >= 11 is 0. The van der Waals surface area contributed by atoms with E-state index in [1.54, 1.807) is 27.7 Å². The van der Waals surface area contributed by atoms with Gasteiger partial charge >= 0.3 is 0 Å². The first-order valence-electron chi connectivity index (χ1n) is 18.0. The maximum Gasteiger partial charge on any atom is 0.245 e. The molecule has 0 radical (unpaired) electrons. The predicted molar refractivity (Wildman–Crippen MR) is 194 cm³/mol. The number of rotatable bonds is 22. The van der Waals surface area contributed by atoms with E-state index in [0.29, 0.717) is 6.42 Å². The molecule has 1 rings (SSSR count). The highest BCUT2D eigenvalue weighted by Gasteiger charge is 2.39. The van der Waals surface area contributed by atoms with Crippen molar-refractivity contribution in [2.24, 2.45) is 29.2 Å². The van der Waals surface area contributed by atoms with Crippen LogP contribution in [-0.2, 0) is 47.9 Å². The molecule has 1 fully saturated rings. The summed E-state index contributed by atoms with van der Waals surface area (Å²) in [7, 11) is 0. The topological polar surface area (TPSA) is 310 Å². The highest BCUT2D eigenvalue weighted by Crippen LogP contribution is 2.20. The average molecular weight is 767 g/mol. The van der Waals surface area contributed by atoms with Crippen LogP contribution in [0.15, 0.2) is 0 Å². The second-order valence-electron chi connectivity index (χ2n) is 14.3. The van der Waals surface area contributed by atoms with Crippen LogP contribution in [0.5, 0.6) is 0 Å². The number of nitrogens with zero attached hydrogens (tertiary/aromatic N) is 1. The molecule has 1 aliphatic rings. The van der Waals surface area contributed by atoms with Crippen molar-refractivity contribution >= 4 is 59.1 Å². The van der Waals surface area contributed by atoms with Crippen LogP contribution in [0.2, 0.25) is 0 Å². The Hall–Kier alpha value is -5.30. The van der Waals surface area contributed by atoms with E-state index in [1.165, 1.54) is 11.8 Å². The van der Waals surface area contributed by atoms with Crippen LogP contribution in [0.25, 0.3) is 0 Å². The number of hydrogen-bond donors (Lipinski definition) is 9. The summed E-state index contributed by atoms with van der Waals surface area (Å²) in [5.74, 6) is -7.74. The smallest absolute Gasteiger partial charge is 0.245 e. The lowest BCUT2D eigenvalue weighted by Crippen LogP contribution is -2.61. The average Bonchev–Trinajstić information content (AvgIpc) is 3.57. The molecule has 5 atom stereocenters. The van der Waals surface area contributed by atoms with Crippen LogP contribution < -0.4 is 48.7 Å². The number of nitrogens with two attached hydrogens (primary N) is 2. The van der Waals surface area contributed by atoms with Gasteiger partial charge in [-0.2, -0.15) is 0 Å². The predicted octanol–water partition coefficient (Wildman–Crippen LogP) is -3.61. The highest BCUT2D eigenvalue weighted by molar-refractivity contribution is 5.97. The molecule has 1 saturated heterocycles. The lowest BCUT2D eigenvalue weighted by atomic mass is 9.98. The quantitative estimate of drug-likeness (QED) is 0.0521. The Morgan fingerprint density at radius 3 is 1.72 bits per heavy atom. The molecule has 0 bridgehead atoms. The molecule has 10 amide bonds. The first kappa shape index (κ1) is 46.7. The first-order valence-corrected chi connectivity index (χ1v) is 18.0. The SMILES string of the molecule is CC(=O)NCC(=O)NCC(=O)N[C@H](C(=O)N[C@@H](CC(C)C)C(=O)N[C@H](C(=O)N[C@@H](CCC(N)=O)C(=O)N1CCC[C@H]1C(=O)NCC(N)=O)C(C)C)C(C)C. The number of nitrogens with one attached hydrogen (secondary N) is 7. The summed E-state index contributed by atoms with van der Waals surface area (Å²) in [6.45, 7) is 10.5. The number of amides is 10. The van der Waals surface area contributed by atoms with Crippen molar-refractivity contribution in [1.82, 2.24) is 42.1 Å². The summed E-state index contributed by atoms with van der Waals surface area (Å²) in [5.41, 5.74) is 10.5. The second kappa shape index (κ2) is 22.7. The van der Waals surface area contributed by atoms with Crippen molar-refractivity contribution < 1.29 is 47.9 Å². The number of hydrogen-bond acceptors (Lipinski definition) is 10. The molecular formula is C34H58N10O10. The molecule has 20 nitrogen and oxygen atoms in total. The van der Waals surface area contributed by atoms with Crippen molar-refractivity contribution in [3.63, 3.8) is 0 Å². The minimum Gasteiger partial charge on any atom is -0.370 e. The van der Waals surface area contributed by atoms with Crippen LogP contribution >= 0.6 is 0 Å². The Labute approximate surface area is 315 Å². The minimum absolute atomic E-state index is 0.109. The summed E-state index contributed by atoms with van der Waals surface area (Å²) < 4.78 is 0. The van der Waals surface area contributed by atoms with Gasteiger partial charge in [-0.1, -0.05) is 41.5 Å². The Bertz CT molecular complexity index is 1400. The fourth-order valence-electron chi connectivity index (χ4n) is 5.56. The minimum atomic E-state index is -1.30. The highest BCUT2D eigenvalue weighted by atomic mass is 16.2. The summed E-state index contributed by atoms with van der Waals surface area (Å²) in [6.07, 6.45) is 0.427. The van der Waals surface area contributed by atoms with Gasteiger partial charge in [-0.05, 0) is 43.4 Å². The Kier molecular flexibility index (Phi) is 19.6. The summed E-state index contributed by atoms with van der Waals surface area (Å²) in [5, 5.41) is 17.5. The summed E-state index contributed by atoms with van der Waals surface area (Å²) in [4.78, 5) is 127. The molecule has 54 heavy (non-hydrogen) atoms. The normalized spacial score (nSPS) is 16.0. The van der Waals surface area contributed by atoms with E-state index >= 15 is 0 Å². The van der Waals surface area contributed by atoms with Crippen LogP contribution in [-0.4, -0.2) is 120 Å². The largest absolute Gasteiger partial charge is 0.370 e. The number of carbonyl (C=O) groups is 10. The molecule has 0 aromatic carbocycles. The third kappa shape index (κ3) is 16.6. The van der Waals surface area contributed by atoms with E-state index in [1.807, 2.05) is 13.8 Å². The maximum atomic E-state index is 13.7. The summed E-state index contributed by atoms with van der Waals surface area (Å²) in [6, 6.07) is -5.73. The van der Waals surface area contributed by atoms with Crippen molar-refractivity contribution in [1.29, 1.82) is 0 Å². The zero-order valence-corrected chi connectivity index (χ0v) is 32.2. The molecule has 0 spiro atoms. The van der Waals surface area contributed by atoms with Gasteiger partial charge < -0.3 is 53.6 Å². The Morgan fingerprint density at radius 2 is 1.20 bits per heavy atom. The molecule has 0 aromatic rings. The molecular weight excluding hydrogens is 708 g/mol. The molecule has 20 heteroatoms. The fraction of sp³-hybridized carbons (Fsp3) is 0.706. The van der Waals surface area contributed by atoms with E-state index < -0.39 is 114 Å². The monoisotopic (exact) mass is 766 g/mol. The maximum absolute atomic E-state index is 13.7. The van der Waals surface area contributed by atoms with E-state index in [2.05, 4.69) is 37.2 Å². The molecule has 1 heterocycles. The van der Waals surface area contributed by atoms with Gasteiger partial charge in [0.25, 0.3) is 0 Å². The van der Waals surface area contributed by atoms with E-state index in [0.717, 1.165) is 0 Å². The molecule has 304 valence electrons. The van der Waals surface area contributed by atoms with Crippen molar-refractivity contribution in [2.75, 3.05) is 26.2 Å². The van der Waals surface area contributed by atoms with Gasteiger partial charge in [-0.15, -0.1) is 0 Å². The molecule has 0 aromatic heterocycles.